The first-order valence-electron chi connectivity index (χ1n) is 4.21. The topological polar surface area (TPSA) is 0 Å². The molecule has 0 aromatic rings. The minimum absolute atomic E-state index is 1.46. The Bertz CT molecular complexity index is 47.2. The van der Waals surface area contributed by atoms with Crippen LogP contribution in [-0.2, 0) is 0 Å². The average Bonchev–Trinajstić information content (AvgIpc) is 1.97. The van der Waals surface area contributed by atoms with E-state index in [2.05, 4.69) is 0 Å². The molecule has 0 unspecified atom stereocenters. The molecule has 0 bridgehead atoms. The third-order valence-corrected chi connectivity index (χ3v) is 3.62. The zero-order valence-electron chi connectivity index (χ0n) is 6.66. The van der Waals surface area contributed by atoms with Crippen LogP contribution in [0.25, 0.3) is 0 Å². The SMILES string of the molecule is [Sn][CH2]CCCCCC[CH2][Sn]. The predicted octanol–water partition coefficient (Wildman–Crippen LogP) is 2.50. The Morgan fingerprint density at radius 2 is 0.800 bits per heavy atom. The molecule has 6 radical (unpaired) electrons. The van der Waals surface area contributed by atoms with E-state index < -0.39 is 0 Å². The van der Waals surface area contributed by atoms with E-state index in [9.17, 15) is 0 Å². The van der Waals surface area contributed by atoms with Gasteiger partial charge < -0.3 is 0 Å². The van der Waals surface area contributed by atoms with E-state index in [1.54, 1.807) is 45.0 Å². The number of hydrogen-bond donors (Lipinski definition) is 0. The molecule has 0 aliphatic carbocycles. The molecule has 0 fully saturated rings. The van der Waals surface area contributed by atoms with Crippen molar-refractivity contribution in [1.29, 1.82) is 0 Å². The van der Waals surface area contributed by atoms with Crippen LogP contribution in [-0.4, -0.2) is 45.0 Å². The summed E-state index contributed by atoms with van der Waals surface area (Å²) in [6, 6.07) is 0. The van der Waals surface area contributed by atoms with E-state index in [1.807, 2.05) is 0 Å². The molecular weight excluding hydrogens is 334 g/mol. The minimum atomic E-state index is 1.46. The van der Waals surface area contributed by atoms with Gasteiger partial charge in [0.25, 0.3) is 0 Å². The molecule has 0 spiro atoms. The van der Waals surface area contributed by atoms with Crippen LogP contribution in [0.15, 0.2) is 0 Å². The molecule has 0 aliphatic rings. The summed E-state index contributed by atoms with van der Waals surface area (Å²) in [7, 11) is 0. The van der Waals surface area contributed by atoms with Gasteiger partial charge in [0.1, 0.15) is 0 Å². The molecule has 0 atom stereocenters. The molecule has 0 heterocycles. The van der Waals surface area contributed by atoms with E-state index in [4.69, 9.17) is 0 Å². The van der Waals surface area contributed by atoms with Gasteiger partial charge in [-0.1, -0.05) is 0 Å². The van der Waals surface area contributed by atoms with Crippen molar-refractivity contribution in [3.63, 3.8) is 0 Å². The Morgan fingerprint density at radius 1 is 0.500 bits per heavy atom. The van der Waals surface area contributed by atoms with Gasteiger partial charge in [-0.2, -0.15) is 0 Å². The second kappa shape index (κ2) is 10.6. The molecule has 0 rings (SSSR count). The van der Waals surface area contributed by atoms with Crippen molar-refractivity contribution >= 4 is 45.0 Å². The average molecular weight is 350 g/mol. The molecular formula is C8H16Sn2. The quantitative estimate of drug-likeness (QED) is 0.489. The van der Waals surface area contributed by atoms with E-state index in [-0.39, 0.29) is 0 Å². The maximum absolute atomic E-state index is 1.72. The second-order valence-electron chi connectivity index (χ2n) is 2.62. The van der Waals surface area contributed by atoms with Gasteiger partial charge >= 0.3 is 92.4 Å². The summed E-state index contributed by atoms with van der Waals surface area (Å²) in [6.45, 7) is 0. The first kappa shape index (κ1) is 11.6. The zero-order valence-corrected chi connectivity index (χ0v) is 12.4. The van der Waals surface area contributed by atoms with Crippen LogP contribution in [0.4, 0.5) is 0 Å². The summed E-state index contributed by atoms with van der Waals surface area (Å²) in [5, 5.41) is 0. The molecule has 0 aromatic heterocycles. The Balaban J connectivity index is 2.65. The summed E-state index contributed by atoms with van der Waals surface area (Å²) < 4.78 is 2.93. The van der Waals surface area contributed by atoms with Crippen molar-refractivity contribution in [2.24, 2.45) is 0 Å². The molecule has 0 amide bonds. The Labute approximate surface area is 91.7 Å². The van der Waals surface area contributed by atoms with Gasteiger partial charge in [0, 0.05) is 0 Å². The molecule has 0 saturated carbocycles. The fourth-order valence-corrected chi connectivity index (χ4v) is 2.38. The summed E-state index contributed by atoms with van der Waals surface area (Å²) in [5.41, 5.74) is 0. The van der Waals surface area contributed by atoms with Crippen LogP contribution in [0, 0.1) is 0 Å². The van der Waals surface area contributed by atoms with Gasteiger partial charge in [0.05, 0.1) is 0 Å². The fraction of sp³-hybridized carbons (Fsp3) is 1.00. The van der Waals surface area contributed by atoms with Crippen LogP contribution >= 0.6 is 0 Å². The molecule has 0 N–H and O–H groups in total. The number of hydrogen-bond acceptors (Lipinski definition) is 0. The maximum atomic E-state index is 1.72. The second-order valence-corrected chi connectivity index (χ2v) is 5.48. The normalized spacial score (nSPS) is 10.2. The van der Waals surface area contributed by atoms with Crippen LogP contribution < -0.4 is 0 Å². The fourth-order valence-electron chi connectivity index (χ4n) is 0.957. The molecule has 10 heavy (non-hydrogen) atoms. The van der Waals surface area contributed by atoms with Crippen LogP contribution in [0.2, 0.25) is 8.87 Å². The first-order chi connectivity index (χ1) is 4.91. The molecule has 56 valence electrons. The van der Waals surface area contributed by atoms with Crippen LogP contribution in [0.3, 0.4) is 0 Å². The monoisotopic (exact) mass is 352 g/mol. The van der Waals surface area contributed by atoms with Crippen molar-refractivity contribution in [3.8, 4) is 0 Å². The van der Waals surface area contributed by atoms with E-state index >= 15 is 0 Å². The van der Waals surface area contributed by atoms with E-state index in [1.165, 1.54) is 47.4 Å². The van der Waals surface area contributed by atoms with Crippen molar-refractivity contribution in [2.75, 3.05) is 0 Å². The molecule has 0 saturated heterocycles. The van der Waals surface area contributed by atoms with Crippen molar-refractivity contribution < 1.29 is 0 Å². The summed E-state index contributed by atoms with van der Waals surface area (Å²) in [4.78, 5) is 0. The standard InChI is InChI=1S/C8H16.2Sn/c1-3-5-7-8-6-4-2;;/h1-8H2;;. The van der Waals surface area contributed by atoms with Gasteiger partial charge in [-0.25, -0.2) is 0 Å². The van der Waals surface area contributed by atoms with Gasteiger partial charge in [0.15, 0.2) is 0 Å². The number of unbranched alkanes of at least 4 members (excludes halogenated alkanes) is 5. The third-order valence-electron chi connectivity index (χ3n) is 1.60. The van der Waals surface area contributed by atoms with E-state index in [0.717, 1.165) is 0 Å². The van der Waals surface area contributed by atoms with Crippen molar-refractivity contribution in [2.45, 2.75) is 47.4 Å². The third kappa shape index (κ3) is 9.60. The van der Waals surface area contributed by atoms with Gasteiger partial charge in [-0.05, 0) is 0 Å². The molecule has 0 aromatic carbocycles. The van der Waals surface area contributed by atoms with Crippen molar-refractivity contribution in [3.05, 3.63) is 0 Å². The predicted molar refractivity (Wildman–Crippen MR) is 48.8 cm³/mol. The Kier molecular flexibility index (Phi) is 12.3. The van der Waals surface area contributed by atoms with Gasteiger partial charge in [0.2, 0.25) is 0 Å². The van der Waals surface area contributed by atoms with Crippen LogP contribution in [0.5, 0.6) is 0 Å². The zero-order chi connectivity index (χ0) is 7.66. The summed E-state index contributed by atoms with van der Waals surface area (Å²) >= 11 is 3.43. The molecule has 0 nitrogen and oxygen atoms in total. The summed E-state index contributed by atoms with van der Waals surface area (Å²) in [5.74, 6) is 0. The molecule has 0 aliphatic heterocycles. The summed E-state index contributed by atoms with van der Waals surface area (Å²) in [6.07, 6.45) is 8.92. The van der Waals surface area contributed by atoms with Crippen LogP contribution in [0.1, 0.15) is 38.5 Å². The Morgan fingerprint density at radius 3 is 1.10 bits per heavy atom. The van der Waals surface area contributed by atoms with Gasteiger partial charge in [-0.3, -0.25) is 0 Å². The van der Waals surface area contributed by atoms with E-state index in [0.29, 0.717) is 0 Å². The number of rotatable bonds is 7. The van der Waals surface area contributed by atoms with Gasteiger partial charge in [-0.15, -0.1) is 0 Å². The molecule has 2 heteroatoms. The van der Waals surface area contributed by atoms with Crippen molar-refractivity contribution in [1.82, 2.24) is 0 Å². The Hall–Kier alpha value is 1.60. The first-order valence-corrected chi connectivity index (χ1v) is 8.24.